The van der Waals surface area contributed by atoms with Gasteiger partial charge < -0.3 is 5.73 Å². The highest BCUT2D eigenvalue weighted by Crippen LogP contribution is 2.15. The smallest absolute Gasteiger partial charge is 0.137 e. The van der Waals surface area contributed by atoms with Gasteiger partial charge in [0.1, 0.15) is 12.2 Å². The molecular weight excluding hydrogens is 199 g/mol. The van der Waals surface area contributed by atoms with Gasteiger partial charge in [0.15, 0.2) is 0 Å². The molecule has 0 aromatic carbocycles. The first-order valence-electron chi connectivity index (χ1n) is 3.23. The molecule has 3 N–H and O–H groups in total. The molecule has 4 nitrogen and oxygen atoms in total. The van der Waals surface area contributed by atoms with E-state index < -0.39 is 0 Å². The lowest BCUT2D eigenvalue weighted by molar-refractivity contribution is 0.504. The maximum atomic E-state index is 5.51. The summed E-state index contributed by atoms with van der Waals surface area (Å²) in [6.45, 7) is 4.61. The van der Waals surface area contributed by atoms with E-state index in [1.807, 2.05) is 13.8 Å². The van der Waals surface area contributed by atoms with E-state index in [2.05, 4.69) is 15.2 Å². The van der Waals surface area contributed by atoms with Crippen molar-refractivity contribution in [3.05, 3.63) is 12.2 Å². The lowest BCUT2D eigenvalue weighted by atomic mass is 9.93. The first kappa shape index (κ1) is 14.2. The second-order valence-corrected chi connectivity index (χ2v) is 2.92. The topological polar surface area (TPSA) is 67.6 Å². The maximum absolute atomic E-state index is 5.51. The maximum Gasteiger partial charge on any atom is 0.137 e. The van der Waals surface area contributed by atoms with Crippen LogP contribution in [0.15, 0.2) is 6.33 Å². The normalized spacial score (nSPS) is 9.92. The highest BCUT2D eigenvalue weighted by molar-refractivity contribution is 5.85. The largest absolute Gasteiger partial charge is 0.329 e. The quantitative estimate of drug-likeness (QED) is 0.766. The van der Waals surface area contributed by atoms with Crippen LogP contribution in [0.4, 0.5) is 0 Å². The Morgan fingerprint density at radius 1 is 1.50 bits per heavy atom. The Balaban J connectivity index is 0. The number of nitrogens with one attached hydrogen (secondary N) is 1. The monoisotopic (exact) mass is 212 g/mol. The number of aromatic nitrogens is 3. The summed E-state index contributed by atoms with van der Waals surface area (Å²) in [7, 11) is 0. The predicted molar refractivity (Wildman–Crippen MR) is 53.0 cm³/mol. The molecule has 0 atom stereocenters. The second-order valence-electron chi connectivity index (χ2n) is 2.92. The summed E-state index contributed by atoms with van der Waals surface area (Å²) in [5, 5.41) is 6.53. The molecular formula is C6H14Cl2N4. The predicted octanol–water partition coefficient (Wildman–Crippen LogP) is 0.885. The number of H-pyrrole nitrogens is 1. The minimum absolute atomic E-state index is 0. The summed E-state index contributed by atoms with van der Waals surface area (Å²) in [5.74, 6) is 0.843. The van der Waals surface area contributed by atoms with E-state index in [9.17, 15) is 0 Å². The van der Waals surface area contributed by atoms with Gasteiger partial charge in [-0.15, -0.1) is 24.8 Å². The van der Waals surface area contributed by atoms with E-state index in [4.69, 9.17) is 5.73 Å². The number of halogens is 2. The van der Waals surface area contributed by atoms with E-state index >= 15 is 0 Å². The average Bonchev–Trinajstić information content (AvgIpc) is 2.38. The summed E-state index contributed by atoms with van der Waals surface area (Å²) in [6.07, 6.45) is 1.49. The lowest BCUT2D eigenvalue weighted by Crippen LogP contribution is -2.29. The summed E-state index contributed by atoms with van der Waals surface area (Å²) in [5.41, 5.74) is 5.42. The molecule has 0 fully saturated rings. The first-order chi connectivity index (χ1) is 4.67. The molecule has 0 saturated heterocycles. The number of hydrogen-bond acceptors (Lipinski definition) is 3. The van der Waals surface area contributed by atoms with Crippen molar-refractivity contribution in [2.75, 3.05) is 6.54 Å². The van der Waals surface area contributed by atoms with Crippen LogP contribution in [0.5, 0.6) is 0 Å². The van der Waals surface area contributed by atoms with Crippen LogP contribution in [0.3, 0.4) is 0 Å². The number of nitrogens with two attached hydrogens (primary N) is 1. The summed E-state index contributed by atoms with van der Waals surface area (Å²) >= 11 is 0. The minimum atomic E-state index is -0.0868. The molecule has 72 valence electrons. The molecule has 0 aliphatic heterocycles. The standard InChI is InChI=1S/C6H12N4.2ClH/c1-6(2,3-7)5-8-4-9-10-5;;/h4H,3,7H2,1-2H3,(H,8,9,10);2*1H. The fourth-order valence-electron chi connectivity index (χ4n) is 0.628. The SMILES string of the molecule is CC(C)(CN)c1ncn[nH]1.Cl.Cl. The molecule has 6 heteroatoms. The van der Waals surface area contributed by atoms with Crippen LogP contribution < -0.4 is 5.73 Å². The Morgan fingerprint density at radius 2 is 2.08 bits per heavy atom. The van der Waals surface area contributed by atoms with Gasteiger partial charge in [-0.25, -0.2) is 4.98 Å². The average molecular weight is 213 g/mol. The van der Waals surface area contributed by atoms with Crippen LogP contribution >= 0.6 is 24.8 Å². The third-order valence-electron chi connectivity index (χ3n) is 1.57. The van der Waals surface area contributed by atoms with Crippen LogP contribution in [-0.4, -0.2) is 21.7 Å². The van der Waals surface area contributed by atoms with Gasteiger partial charge in [0.05, 0.1) is 0 Å². The number of nitrogens with zero attached hydrogens (tertiary/aromatic N) is 2. The molecule has 0 aliphatic carbocycles. The van der Waals surface area contributed by atoms with Crippen molar-refractivity contribution in [1.82, 2.24) is 15.2 Å². The van der Waals surface area contributed by atoms with Crippen LogP contribution in [0.2, 0.25) is 0 Å². The van der Waals surface area contributed by atoms with Crippen LogP contribution in [0.25, 0.3) is 0 Å². The van der Waals surface area contributed by atoms with Gasteiger partial charge in [-0.1, -0.05) is 13.8 Å². The molecule has 1 heterocycles. The highest BCUT2D eigenvalue weighted by Gasteiger charge is 2.20. The second kappa shape index (κ2) is 5.35. The van der Waals surface area contributed by atoms with Gasteiger partial charge >= 0.3 is 0 Å². The Hall–Kier alpha value is -0.320. The van der Waals surface area contributed by atoms with Crippen molar-refractivity contribution >= 4 is 24.8 Å². The number of hydrogen-bond donors (Lipinski definition) is 2. The molecule has 1 aromatic rings. The Morgan fingerprint density at radius 3 is 2.42 bits per heavy atom. The molecule has 0 bridgehead atoms. The Bertz CT molecular complexity index is 197. The van der Waals surface area contributed by atoms with Crippen LogP contribution in [-0.2, 0) is 5.41 Å². The third kappa shape index (κ3) is 2.97. The number of aromatic amines is 1. The summed E-state index contributed by atoms with van der Waals surface area (Å²) in [6, 6.07) is 0. The van der Waals surface area contributed by atoms with Crippen molar-refractivity contribution < 1.29 is 0 Å². The summed E-state index contributed by atoms with van der Waals surface area (Å²) < 4.78 is 0. The van der Waals surface area contributed by atoms with Gasteiger partial charge in [-0.3, -0.25) is 5.10 Å². The molecule has 12 heavy (non-hydrogen) atoms. The van der Waals surface area contributed by atoms with Crippen molar-refractivity contribution in [3.63, 3.8) is 0 Å². The van der Waals surface area contributed by atoms with Gasteiger partial charge in [-0.2, -0.15) is 5.10 Å². The molecule has 0 aliphatic rings. The Labute approximate surface area is 84.2 Å². The van der Waals surface area contributed by atoms with Gasteiger partial charge in [0.2, 0.25) is 0 Å². The molecule has 0 unspecified atom stereocenters. The number of rotatable bonds is 2. The van der Waals surface area contributed by atoms with E-state index in [1.165, 1.54) is 6.33 Å². The third-order valence-corrected chi connectivity index (χ3v) is 1.57. The van der Waals surface area contributed by atoms with E-state index in [0.717, 1.165) is 5.82 Å². The fourth-order valence-corrected chi connectivity index (χ4v) is 0.628. The fraction of sp³-hybridized carbons (Fsp3) is 0.667. The molecule has 1 aromatic heterocycles. The minimum Gasteiger partial charge on any atom is -0.329 e. The zero-order chi connectivity index (χ0) is 7.61. The first-order valence-corrected chi connectivity index (χ1v) is 3.23. The summed E-state index contributed by atoms with van der Waals surface area (Å²) in [4.78, 5) is 4.01. The highest BCUT2D eigenvalue weighted by atomic mass is 35.5. The van der Waals surface area contributed by atoms with E-state index in [-0.39, 0.29) is 30.2 Å². The van der Waals surface area contributed by atoms with Crippen molar-refractivity contribution in [2.45, 2.75) is 19.3 Å². The molecule has 1 rings (SSSR count). The Kier molecular flexibility index (Phi) is 6.34. The molecule has 0 saturated carbocycles. The molecule has 0 radical (unpaired) electrons. The zero-order valence-electron chi connectivity index (χ0n) is 7.07. The lowest BCUT2D eigenvalue weighted by Gasteiger charge is -2.17. The van der Waals surface area contributed by atoms with Crippen LogP contribution in [0.1, 0.15) is 19.7 Å². The molecule has 0 amide bonds. The van der Waals surface area contributed by atoms with E-state index in [1.54, 1.807) is 0 Å². The van der Waals surface area contributed by atoms with Crippen molar-refractivity contribution in [1.29, 1.82) is 0 Å². The van der Waals surface area contributed by atoms with Crippen molar-refractivity contribution in [3.8, 4) is 0 Å². The van der Waals surface area contributed by atoms with Crippen LogP contribution in [0, 0.1) is 0 Å². The van der Waals surface area contributed by atoms with Gasteiger partial charge in [-0.05, 0) is 0 Å². The van der Waals surface area contributed by atoms with Gasteiger partial charge in [0.25, 0.3) is 0 Å². The molecule has 0 spiro atoms. The van der Waals surface area contributed by atoms with Crippen molar-refractivity contribution in [2.24, 2.45) is 5.73 Å². The van der Waals surface area contributed by atoms with E-state index in [0.29, 0.717) is 6.54 Å². The zero-order valence-corrected chi connectivity index (χ0v) is 8.71. The van der Waals surface area contributed by atoms with Gasteiger partial charge in [0, 0.05) is 12.0 Å².